The summed E-state index contributed by atoms with van der Waals surface area (Å²) in [6.45, 7) is 1.17. The molecule has 0 aliphatic heterocycles. The van der Waals surface area contributed by atoms with Gasteiger partial charge in [0.1, 0.15) is 15.5 Å². The zero-order chi connectivity index (χ0) is 31.6. The van der Waals surface area contributed by atoms with E-state index in [1.807, 2.05) is 0 Å². The van der Waals surface area contributed by atoms with Gasteiger partial charge < -0.3 is 5.11 Å². The molecule has 21 heteroatoms. The molecule has 4 aromatic rings. The van der Waals surface area contributed by atoms with E-state index in [1.54, 1.807) is 0 Å². The SMILES string of the molecule is Cc1nn(-c2ccc(S(=O)(=O)CCOSOOO)cc2)c(O)c1/N=N/c1ccc2c(S(=O)(=O)O)cccc2c1S(=O)(=O)O. The summed E-state index contributed by atoms with van der Waals surface area (Å²) >= 11 is 0.234. The number of fused-ring (bicyclic) bond motifs is 1. The fourth-order valence-electron chi connectivity index (χ4n) is 3.89. The Kier molecular flexibility index (Phi) is 9.51. The van der Waals surface area contributed by atoms with Gasteiger partial charge in [0, 0.05) is 10.8 Å². The highest BCUT2D eigenvalue weighted by atomic mass is 32.2. The van der Waals surface area contributed by atoms with Crippen LogP contribution in [0.2, 0.25) is 0 Å². The average molecular weight is 677 g/mol. The fraction of sp³-hybridized carbons (Fsp3) is 0.136. The fourth-order valence-corrected chi connectivity index (χ4v) is 6.84. The third-order valence-electron chi connectivity index (χ3n) is 5.73. The molecule has 0 atom stereocenters. The third kappa shape index (κ3) is 7.18. The Morgan fingerprint density at radius 3 is 2.23 bits per heavy atom. The Morgan fingerprint density at radius 1 is 0.907 bits per heavy atom. The van der Waals surface area contributed by atoms with Gasteiger partial charge in [-0.15, -0.1) is 14.6 Å². The summed E-state index contributed by atoms with van der Waals surface area (Å²) in [5.41, 5.74) is -0.261. The van der Waals surface area contributed by atoms with Crippen LogP contribution in [0, 0.1) is 6.92 Å². The summed E-state index contributed by atoms with van der Waals surface area (Å²) in [6, 6.07) is 10.8. The van der Waals surface area contributed by atoms with Crippen molar-refractivity contribution in [3.8, 4) is 11.6 Å². The van der Waals surface area contributed by atoms with Gasteiger partial charge in [-0.2, -0.15) is 26.6 Å². The second-order valence-corrected chi connectivity index (χ2v) is 13.8. The number of hydrogen-bond donors (Lipinski definition) is 4. The van der Waals surface area contributed by atoms with Gasteiger partial charge in [0.15, 0.2) is 27.8 Å². The highest BCUT2D eigenvalue weighted by molar-refractivity contribution is 7.91. The van der Waals surface area contributed by atoms with Gasteiger partial charge in [0.25, 0.3) is 20.2 Å². The maximum atomic E-state index is 12.5. The molecule has 230 valence electrons. The third-order valence-corrected chi connectivity index (χ3v) is 9.66. The molecule has 4 N–H and O–H groups in total. The largest absolute Gasteiger partial charge is 0.492 e. The van der Waals surface area contributed by atoms with Crippen LogP contribution in [0.5, 0.6) is 5.88 Å². The molecule has 0 bridgehead atoms. The second kappa shape index (κ2) is 12.6. The summed E-state index contributed by atoms with van der Waals surface area (Å²) in [4.78, 5) is -1.46. The van der Waals surface area contributed by atoms with Crippen LogP contribution in [0.4, 0.5) is 11.4 Å². The highest BCUT2D eigenvalue weighted by Gasteiger charge is 2.24. The first-order valence-electron chi connectivity index (χ1n) is 11.5. The van der Waals surface area contributed by atoms with Gasteiger partial charge in [-0.05, 0) is 43.3 Å². The van der Waals surface area contributed by atoms with Gasteiger partial charge in [-0.1, -0.05) is 23.2 Å². The van der Waals surface area contributed by atoms with Crippen LogP contribution in [0.25, 0.3) is 16.5 Å². The van der Waals surface area contributed by atoms with E-state index in [0.717, 1.165) is 28.9 Å². The number of benzene rings is 3. The van der Waals surface area contributed by atoms with Crippen LogP contribution in [-0.2, 0) is 43.6 Å². The number of azo groups is 1. The van der Waals surface area contributed by atoms with Gasteiger partial charge >= 0.3 is 0 Å². The highest BCUT2D eigenvalue weighted by Crippen LogP contribution is 2.38. The van der Waals surface area contributed by atoms with E-state index in [0.29, 0.717) is 0 Å². The van der Waals surface area contributed by atoms with Crippen LogP contribution < -0.4 is 0 Å². The Morgan fingerprint density at radius 2 is 1.60 bits per heavy atom. The number of sulfone groups is 1. The minimum Gasteiger partial charge on any atom is -0.492 e. The number of rotatable bonds is 12. The molecule has 0 aliphatic rings. The molecule has 0 spiro atoms. The number of aromatic hydroxyl groups is 1. The van der Waals surface area contributed by atoms with Gasteiger partial charge in [-0.25, -0.2) is 13.7 Å². The van der Waals surface area contributed by atoms with Crippen molar-refractivity contribution >= 4 is 64.5 Å². The monoisotopic (exact) mass is 676 g/mol. The van der Waals surface area contributed by atoms with Crippen LogP contribution >= 0.6 is 12.3 Å². The molecule has 0 aliphatic carbocycles. The average Bonchev–Trinajstić information content (AvgIpc) is 3.22. The molecule has 4 rings (SSSR count). The molecular weight excluding hydrogens is 657 g/mol. The number of aryl methyl sites for hydroxylation is 1. The first-order chi connectivity index (χ1) is 20.1. The molecule has 3 aromatic carbocycles. The van der Waals surface area contributed by atoms with E-state index in [2.05, 4.69) is 24.7 Å². The Balaban J connectivity index is 1.66. The van der Waals surface area contributed by atoms with Crippen molar-refractivity contribution in [1.82, 2.24) is 9.78 Å². The predicted octanol–water partition coefficient (Wildman–Crippen LogP) is 3.72. The van der Waals surface area contributed by atoms with Crippen molar-refractivity contribution in [3.63, 3.8) is 0 Å². The Bertz CT molecular complexity index is 2030. The number of hydrogen-bond acceptors (Lipinski definition) is 15. The van der Waals surface area contributed by atoms with Crippen LogP contribution in [-0.4, -0.2) is 66.9 Å². The summed E-state index contributed by atoms with van der Waals surface area (Å²) in [5.74, 6) is -0.973. The van der Waals surface area contributed by atoms with E-state index in [4.69, 9.17) is 9.44 Å². The summed E-state index contributed by atoms with van der Waals surface area (Å²) < 4.78 is 102. The van der Waals surface area contributed by atoms with Crippen molar-refractivity contribution in [1.29, 1.82) is 0 Å². The zero-order valence-corrected chi connectivity index (χ0v) is 24.8. The minimum absolute atomic E-state index is 0.0707. The zero-order valence-electron chi connectivity index (χ0n) is 21.5. The summed E-state index contributed by atoms with van der Waals surface area (Å²) in [7, 11) is -13.5. The summed E-state index contributed by atoms with van der Waals surface area (Å²) in [5, 5.41) is 33.5. The molecule has 0 saturated heterocycles. The Hall–Kier alpha value is -3.51. The molecule has 1 aromatic heterocycles. The molecule has 0 fully saturated rings. The van der Waals surface area contributed by atoms with Crippen molar-refractivity contribution in [2.45, 2.75) is 21.6 Å². The van der Waals surface area contributed by atoms with Crippen molar-refractivity contribution in [3.05, 3.63) is 60.3 Å². The lowest BCUT2D eigenvalue weighted by Crippen LogP contribution is -2.11. The van der Waals surface area contributed by atoms with Crippen LogP contribution in [0.1, 0.15) is 5.69 Å². The predicted molar refractivity (Wildman–Crippen MR) is 148 cm³/mol. The topological polar surface area (TPSA) is 254 Å². The van der Waals surface area contributed by atoms with Gasteiger partial charge in [0.05, 0.1) is 28.6 Å². The lowest BCUT2D eigenvalue weighted by atomic mass is 10.1. The molecule has 43 heavy (non-hydrogen) atoms. The Labute approximate surface area is 248 Å². The lowest BCUT2D eigenvalue weighted by molar-refractivity contribution is -0.434. The van der Waals surface area contributed by atoms with Crippen molar-refractivity contribution in [2.24, 2.45) is 10.2 Å². The molecule has 1 heterocycles. The van der Waals surface area contributed by atoms with Gasteiger partial charge in [-0.3, -0.25) is 13.3 Å². The van der Waals surface area contributed by atoms with Crippen molar-refractivity contribution in [2.75, 3.05) is 12.4 Å². The van der Waals surface area contributed by atoms with E-state index in [-0.39, 0.29) is 51.7 Å². The number of nitrogens with zero attached hydrogens (tertiary/aromatic N) is 4. The van der Waals surface area contributed by atoms with E-state index in [9.17, 15) is 39.5 Å². The molecule has 0 unspecified atom stereocenters. The minimum atomic E-state index is -5.00. The quantitative estimate of drug-likeness (QED) is 0.0416. The second-order valence-electron chi connectivity index (χ2n) is 8.43. The molecule has 0 saturated carbocycles. The maximum absolute atomic E-state index is 12.5. The van der Waals surface area contributed by atoms with Crippen LogP contribution in [0.3, 0.4) is 0 Å². The normalized spacial score (nSPS) is 12.8. The standard InChI is InChI=1S/C22H20N4O13S4/c1-13-20(22(27)26(25-13)14-5-7-15(8-6-14)41(29,30)12-11-37-40-39-38-28)24-23-18-10-9-16-17(21(18)43(34,35)36)3-2-4-19(16)42(31,32)33/h2-10,27-28H,11-12H2,1H3,(H,31,32,33)(H,34,35,36)/b24-23+. The molecule has 0 amide bonds. The number of aromatic nitrogens is 2. The van der Waals surface area contributed by atoms with E-state index in [1.165, 1.54) is 37.3 Å². The molecule has 17 nitrogen and oxygen atoms in total. The first kappa shape index (κ1) is 32.4. The molecular formula is C22H20N4O13S4. The molecule has 0 radical (unpaired) electrons. The van der Waals surface area contributed by atoms with Crippen LogP contribution in [0.15, 0.2) is 79.5 Å². The van der Waals surface area contributed by atoms with Gasteiger partial charge in [0.2, 0.25) is 5.88 Å². The summed E-state index contributed by atoms with van der Waals surface area (Å²) in [6.07, 6.45) is 0. The van der Waals surface area contributed by atoms with E-state index < -0.39 is 57.2 Å². The maximum Gasteiger partial charge on any atom is 0.297 e. The lowest BCUT2D eigenvalue weighted by Gasteiger charge is -2.09. The first-order valence-corrected chi connectivity index (χ1v) is 16.7. The smallest absolute Gasteiger partial charge is 0.297 e. The van der Waals surface area contributed by atoms with Crippen molar-refractivity contribution < 1.29 is 58.3 Å². The van der Waals surface area contributed by atoms with E-state index >= 15 is 0 Å².